The fourth-order valence-corrected chi connectivity index (χ4v) is 4.55. The number of nitrogens with one attached hydrogen (secondary N) is 2. The molecule has 2 heterocycles. The van der Waals surface area contributed by atoms with Crippen molar-refractivity contribution in [1.82, 2.24) is 14.9 Å². The Morgan fingerprint density at radius 3 is 2.39 bits per heavy atom. The first-order valence-corrected chi connectivity index (χ1v) is 12.3. The van der Waals surface area contributed by atoms with Gasteiger partial charge in [-0.05, 0) is 74.7 Å². The number of carbonyl (C=O) groups excluding carboxylic acids is 1. The molecule has 0 unspecified atom stereocenters. The first-order chi connectivity index (χ1) is 17.8. The van der Waals surface area contributed by atoms with Crippen LogP contribution in [0.4, 0.5) is 8.78 Å². The second-order valence-electron chi connectivity index (χ2n) is 10.6. The molecular formula is C29H29F2N3O4. The molecule has 0 spiro atoms. The summed E-state index contributed by atoms with van der Waals surface area (Å²) >= 11 is 0. The molecule has 9 heteroatoms. The summed E-state index contributed by atoms with van der Waals surface area (Å²) in [6.45, 7) is 6.79. The van der Waals surface area contributed by atoms with Crippen molar-refractivity contribution >= 4 is 16.8 Å². The molecule has 0 radical (unpaired) electrons. The maximum absolute atomic E-state index is 14.2. The number of aromatic amines is 1. The monoisotopic (exact) mass is 521 g/mol. The number of halogens is 2. The van der Waals surface area contributed by atoms with Crippen molar-refractivity contribution in [2.24, 2.45) is 7.05 Å². The van der Waals surface area contributed by atoms with Gasteiger partial charge in [-0.3, -0.25) is 9.59 Å². The van der Waals surface area contributed by atoms with Crippen LogP contribution in [0.5, 0.6) is 11.5 Å². The lowest BCUT2D eigenvalue weighted by atomic mass is 9.93. The summed E-state index contributed by atoms with van der Waals surface area (Å²) in [5.41, 5.74) is 1.75. The number of H-pyrrole nitrogens is 1. The Labute approximate surface area is 218 Å². The zero-order valence-electron chi connectivity index (χ0n) is 21.8. The Morgan fingerprint density at radius 2 is 1.79 bits per heavy atom. The average Bonchev–Trinajstić information content (AvgIpc) is 3.37. The van der Waals surface area contributed by atoms with E-state index in [9.17, 15) is 23.5 Å². The van der Waals surface area contributed by atoms with Crippen molar-refractivity contribution in [3.63, 3.8) is 0 Å². The zero-order valence-corrected chi connectivity index (χ0v) is 21.8. The Morgan fingerprint density at radius 1 is 1.13 bits per heavy atom. The highest BCUT2D eigenvalue weighted by Gasteiger charge is 2.45. The van der Waals surface area contributed by atoms with E-state index < -0.39 is 17.3 Å². The van der Waals surface area contributed by atoms with Gasteiger partial charge in [0.2, 0.25) is 0 Å². The molecule has 0 atom stereocenters. The van der Waals surface area contributed by atoms with Crippen molar-refractivity contribution in [3.8, 4) is 22.6 Å². The summed E-state index contributed by atoms with van der Waals surface area (Å²) in [7, 11) is 1.59. The molecule has 2 aromatic carbocycles. The van der Waals surface area contributed by atoms with Crippen molar-refractivity contribution < 1.29 is 23.4 Å². The lowest BCUT2D eigenvalue weighted by molar-refractivity contribution is 0.0785. The van der Waals surface area contributed by atoms with Crippen molar-refractivity contribution in [3.05, 3.63) is 81.2 Å². The van der Waals surface area contributed by atoms with Crippen LogP contribution in [0.1, 0.15) is 53.9 Å². The summed E-state index contributed by atoms with van der Waals surface area (Å²) < 4.78 is 35.8. The van der Waals surface area contributed by atoms with Gasteiger partial charge in [-0.15, -0.1) is 0 Å². The third kappa shape index (κ3) is 4.69. The molecule has 3 N–H and O–H groups in total. The highest BCUT2D eigenvalue weighted by Crippen LogP contribution is 2.41. The van der Waals surface area contributed by atoms with E-state index in [4.69, 9.17) is 4.74 Å². The van der Waals surface area contributed by atoms with Gasteiger partial charge in [-0.1, -0.05) is 6.07 Å². The number of benzene rings is 2. The number of pyridine rings is 1. The number of carbonyl (C=O) groups is 1. The van der Waals surface area contributed by atoms with Crippen molar-refractivity contribution in [2.75, 3.05) is 0 Å². The molecule has 1 aliphatic carbocycles. The lowest BCUT2D eigenvalue weighted by Gasteiger charge is -2.22. The van der Waals surface area contributed by atoms with E-state index in [-0.39, 0.29) is 35.3 Å². The average molecular weight is 522 g/mol. The van der Waals surface area contributed by atoms with Crippen molar-refractivity contribution in [2.45, 2.75) is 51.9 Å². The smallest absolute Gasteiger partial charge is 0.270 e. The highest BCUT2D eigenvalue weighted by atomic mass is 19.1. The maximum Gasteiger partial charge on any atom is 0.270 e. The first-order valence-electron chi connectivity index (χ1n) is 12.3. The second kappa shape index (κ2) is 8.80. The molecule has 5 rings (SSSR count). The van der Waals surface area contributed by atoms with Crippen molar-refractivity contribution in [1.29, 1.82) is 0 Å². The number of rotatable bonds is 6. The fraction of sp³-hybridized carbons (Fsp3) is 0.310. The van der Waals surface area contributed by atoms with Crippen LogP contribution < -0.4 is 15.6 Å². The Hall–Kier alpha value is -3.98. The summed E-state index contributed by atoms with van der Waals surface area (Å²) in [5.74, 6) is -1.85. The standard InChI is InChI=1S/C29H29F2N3O4/c1-15-10-18(30)11-16(2)25(15)38-23-7-6-17(28(3,4)37)12-19(23)21-14-34(5)27(36)20-13-22(32-24(20)21)26(35)33-29(31)8-9-29/h6-7,10-14,32,37H,8-9H2,1-5H3,(H,33,35). The molecular weight excluding hydrogens is 492 g/mol. The van der Waals surface area contributed by atoms with Crippen LogP contribution in [-0.2, 0) is 12.6 Å². The Balaban J connectivity index is 1.71. The second-order valence-corrected chi connectivity index (χ2v) is 10.6. The summed E-state index contributed by atoms with van der Waals surface area (Å²) in [5, 5.41) is 13.3. The predicted octanol–water partition coefficient (Wildman–Crippen LogP) is 5.50. The molecule has 1 aliphatic rings. The minimum absolute atomic E-state index is 0.0554. The summed E-state index contributed by atoms with van der Waals surface area (Å²) in [4.78, 5) is 28.7. The van der Waals surface area contributed by atoms with Gasteiger partial charge in [-0.2, -0.15) is 0 Å². The SMILES string of the molecule is Cc1cc(F)cc(C)c1Oc1ccc(C(C)(C)O)cc1-c1cn(C)c(=O)c2cc(C(=O)NC3(F)CC3)[nH]c12. The van der Waals surface area contributed by atoms with Crippen LogP contribution in [0.3, 0.4) is 0 Å². The predicted molar refractivity (Wildman–Crippen MR) is 141 cm³/mol. The number of aromatic nitrogens is 2. The molecule has 38 heavy (non-hydrogen) atoms. The Bertz CT molecular complexity index is 1640. The van der Waals surface area contributed by atoms with Gasteiger partial charge in [0.1, 0.15) is 23.0 Å². The highest BCUT2D eigenvalue weighted by molar-refractivity contribution is 6.02. The minimum Gasteiger partial charge on any atom is -0.456 e. The van der Waals surface area contributed by atoms with Crippen LogP contribution in [-0.4, -0.2) is 26.4 Å². The molecule has 0 bridgehead atoms. The number of ether oxygens (including phenoxy) is 1. The third-order valence-electron chi connectivity index (χ3n) is 6.84. The molecule has 1 fully saturated rings. The molecule has 4 aromatic rings. The molecule has 198 valence electrons. The van der Waals surface area contributed by atoms with E-state index in [1.54, 1.807) is 59.1 Å². The van der Waals surface area contributed by atoms with Crippen LogP contribution in [0, 0.1) is 19.7 Å². The molecule has 0 saturated heterocycles. The topological polar surface area (TPSA) is 96.3 Å². The van der Waals surface area contributed by atoms with Crippen LogP contribution in [0.15, 0.2) is 47.4 Å². The van der Waals surface area contributed by atoms with Crippen LogP contribution in [0.2, 0.25) is 0 Å². The van der Waals surface area contributed by atoms with Gasteiger partial charge >= 0.3 is 0 Å². The van der Waals surface area contributed by atoms with E-state index in [1.807, 2.05) is 0 Å². The van der Waals surface area contributed by atoms with E-state index in [0.717, 1.165) is 0 Å². The normalized spacial score (nSPS) is 14.5. The minimum atomic E-state index is -1.71. The molecule has 2 aromatic heterocycles. The number of aliphatic hydroxyl groups is 1. The quantitative estimate of drug-likeness (QED) is 0.292. The molecule has 1 saturated carbocycles. The van der Waals surface area contributed by atoms with Gasteiger partial charge in [0.15, 0.2) is 5.79 Å². The maximum atomic E-state index is 14.2. The number of fused-ring (bicyclic) bond motifs is 1. The van der Waals surface area contributed by atoms with E-state index in [1.165, 1.54) is 22.8 Å². The number of amides is 1. The van der Waals surface area contributed by atoms with E-state index >= 15 is 0 Å². The van der Waals surface area contributed by atoms with Gasteiger partial charge in [-0.25, -0.2) is 8.78 Å². The molecule has 0 aliphatic heterocycles. The summed E-state index contributed by atoms with van der Waals surface area (Å²) in [6.07, 6.45) is 2.11. The summed E-state index contributed by atoms with van der Waals surface area (Å²) in [6, 6.07) is 9.37. The lowest BCUT2D eigenvalue weighted by Crippen LogP contribution is -2.33. The fourth-order valence-electron chi connectivity index (χ4n) is 4.55. The number of hydrogen-bond acceptors (Lipinski definition) is 4. The number of hydrogen-bond donors (Lipinski definition) is 3. The number of nitrogens with zero attached hydrogens (tertiary/aromatic N) is 1. The van der Waals surface area contributed by atoms with E-state index in [0.29, 0.717) is 44.8 Å². The molecule has 7 nitrogen and oxygen atoms in total. The van der Waals surface area contributed by atoms with Gasteiger partial charge in [0.25, 0.3) is 11.5 Å². The van der Waals surface area contributed by atoms with Gasteiger partial charge in [0.05, 0.1) is 16.5 Å². The van der Waals surface area contributed by atoms with Gasteiger partial charge in [0, 0.05) is 37.2 Å². The van der Waals surface area contributed by atoms with E-state index in [2.05, 4.69) is 10.3 Å². The van der Waals surface area contributed by atoms with Crippen LogP contribution >= 0.6 is 0 Å². The first kappa shape index (κ1) is 25.7. The van der Waals surface area contributed by atoms with Crippen LogP contribution in [0.25, 0.3) is 22.0 Å². The number of alkyl halides is 1. The molecule has 1 amide bonds. The van der Waals surface area contributed by atoms with Gasteiger partial charge < -0.3 is 24.7 Å². The zero-order chi connectivity index (χ0) is 27.6. The third-order valence-corrected chi connectivity index (χ3v) is 6.84. The largest absolute Gasteiger partial charge is 0.456 e. The Kier molecular flexibility index (Phi) is 5.94. The number of aryl methyl sites for hydroxylation is 3.